The highest BCUT2D eigenvalue weighted by atomic mass is 35.5. The van der Waals surface area contributed by atoms with Crippen molar-refractivity contribution in [2.24, 2.45) is 0 Å². The first-order chi connectivity index (χ1) is 12.0. The molecule has 25 heavy (non-hydrogen) atoms. The van der Waals surface area contributed by atoms with Crippen molar-refractivity contribution in [3.63, 3.8) is 0 Å². The molecule has 126 valence electrons. The lowest BCUT2D eigenvalue weighted by Gasteiger charge is -2.06. The van der Waals surface area contributed by atoms with E-state index in [-0.39, 0.29) is 12.1 Å². The monoisotopic (exact) mass is 354 g/mol. The van der Waals surface area contributed by atoms with Crippen LogP contribution in [0.15, 0.2) is 60.3 Å². The van der Waals surface area contributed by atoms with E-state index in [4.69, 9.17) is 22.6 Å². The fraction of sp³-hybridized carbons (Fsp3) is 0.0556. The normalized spacial score (nSPS) is 10.6. The summed E-state index contributed by atoms with van der Waals surface area (Å²) in [7, 11) is 0. The smallest absolute Gasteiger partial charge is 0.263 e. The molecule has 2 amide bonds. The van der Waals surface area contributed by atoms with Gasteiger partial charge in [-0.3, -0.25) is 9.59 Å². The van der Waals surface area contributed by atoms with E-state index in [1.54, 1.807) is 54.6 Å². The highest BCUT2D eigenvalue weighted by Crippen LogP contribution is 2.14. The molecule has 0 fully saturated rings. The van der Waals surface area contributed by atoms with E-state index in [9.17, 15) is 9.59 Å². The fourth-order valence-electron chi connectivity index (χ4n) is 1.92. The van der Waals surface area contributed by atoms with Gasteiger partial charge < -0.3 is 16.4 Å². The number of amides is 2. The van der Waals surface area contributed by atoms with Gasteiger partial charge in [0, 0.05) is 29.0 Å². The zero-order valence-electron chi connectivity index (χ0n) is 13.1. The van der Waals surface area contributed by atoms with Crippen LogP contribution in [0.2, 0.25) is 5.02 Å². The SMILES string of the molecule is N#C/C(=C/NC(=O)c1ccc(N)cc1)C(=O)NCc1ccccc1Cl. The van der Waals surface area contributed by atoms with Gasteiger partial charge in [-0.25, -0.2) is 0 Å². The van der Waals surface area contributed by atoms with E-state index in [0.717, 1.165) is 11.8 Å². The van der Waals surface area contributed by atoms with Crippen LogP contribution in [-0.4, -0.2) is 11.8 Å². The summed E-state index contributed by atoms with van der Waals surface area (Å²) in [5.41, 5.74) is 6.94. The van der Waals surface area contributed by atoms with Crippen LogP contribution in [0, 0.1) is 11.3 Å². The van der Waals surface area contributed by atoms with Crippen molar-refractivity contribution >= 4 is 29.1 Å². The number of hydrogen-bond acceptors (Lipinski definition) is 4. The molecular weight excluding hydrogens is 340 g/mol. The van der Waals surface area contributed by atoms with Gasteiger partial charge in [0.25, 0.3) is 11.8 Å². The minimum absolute atomic E-state index is 0.170. The van der Waals surface area contributed by atoms with Gasteiger partial charge in [0.2, 0.25) is 0 Å². The summed E-state index contributed by atoms with van der Waals surface area (Å²) in [5.74, 6) is -1.06. The number of nitrogens with one attached hydrogen (secondary N) is 2. The molecule has 0 spiro atoms. The Balaban J connectivity index is 1.98. The van der Waals surface area contributed by atoms with Crippen LogP contribution in [0.4, 0.5) is 5.69 Å². The number of halogens is 1. The number of carbonyl (C=O) groups excluding carboxylic acids is 2. The average Bonchev–Trinajstić information content (AvgIpc) is 2.62. The molecule has 0 aliphatic heterocycles. The summed E-state index contributed by atoms with van der Waals surface area (Å²) in [4.78, 5) is 24.0. The lowest BCUT2D eigenvalue weighted by molar-refractivity contribution is -0.117. The quantitative estimate of drug-likeness (QED) is 0.435. The Morgan fingerprint density at radius 2 is 1.84 bits per heavy atom. The van der Waals surface area contributed by atoms with Crippen LogP contribution < -0.4 is 16.4 Å². The van der Waals surface area contributed by atoms with Crippen molar-refractivity contribution in [3.8, 4) is 6.07 Å². The second-order valence-electron chi connectivity index (χ2n) is 5.04. The topological polar surface area (TPSA) is 108 Å². The second-order valence-corrected chi connectivity index (χ2v) is 5.45. The average molecular weight is 355 g/mol. The van der Waals surface area contributed by atoms with Crippen LogP contribution >= 0.6 is 11.6 Å². The van der Waals surface area contributed by atoms with E-state index in [0.29, 0.717) is 16.3 Å². The third kappa shape index (κ3) is 5.09. The number of hydrogen-bond donors (Lipinski definition) is 3. The van der Waals surface area contributed by atoms with Gasteiger partial charge in [0.1, 0.15) is 11.6 Å². The molecule has 0 aliphatic carbocycles. The van der Waals surface area contributed by atoms with Crippen molar-refractivity contribution in [1.82, 2.24) is 10.6 Å². The number of carbonyl (C=O) groups is 2. The van der Waals surface area contributed by atoms with Crippen molar-refractivity contribution in [1.29, 1.82) is 5.26 Å². The van der Waals surface area contributed by atoms with Crippen LogP contribution in [0.3, 0.4) is 0 Å². The molecule has 0 aliphatic rings. The number of nitrogens with zero attached hydrogens (tertiary/aromatic N) is 1. The molecular formula is C18H15ClN4O2. The van der Waals surface area contributed by atoms with Crippen LogP contribution in [0.25, 0.3) is 0 Å². The Labute approximate surface area is 149 Å². The fourth-order valence-corrected chi connectivity index (χ4v) is 2.12. The van der Waals surface area contributed by atoms with Gasteiger partial charge in [-0.15, -0.1) is 0 Å². The van der Waals surface area contributed by atoms with Gasteiger partial charge in [-0.1, -0.05) is 29.8 Å². The highest BCUT2D eigenvalue weighted by Gasteiger charge is 2.11. The molecule has 0 atom stereocenters. The minimum atomic E-state index is -0.611. The Bertz CT molecular complexity index is 854. The van der Waals surface area contributed by atoms with E-state index >= 15 is 0 Å². The zero-order valence-corrected chi connectivity index (χ0v) is 13.9. The third-order valence-electron chi connectivity index (χ3n) is 3.28. The third-order valence-corrected chi connectivity index (χ3v) is 3.65. The Kier molecular flexibility index (Phi) is 6.15. The molecule has 2 aromatic rings. The second kappa shape index (κ2) is 8.52. The van der Waals surface area contributed by atoms with Crippen molar-refractivity contribution in [2.75, 3.05) is 5.73 Å². The molecule has 2 rings (SSSR count). The maximum absolute atomic E-state index is 12.0. The maximum atomic E-state index is 12.0. The Morgan fingerprint density at radius 3 is 2.48 bits per heavy atom. The summed E-state index contributed by atoms with van der Waals surface area (Å²) in [6.07, 6.45) is 1.07. The molecule has 7 heteroatoms. The number of anilines is 1. The number of nitrogen functional groups attached to an aromatic ring is 1. The largest absolute Gasteiger partial charge is 0.399 e. The minimum Gasteiger partial charge on any atom is -0.399 e. The molecule has 2 aromatic carbocycles. The van der Waals surface area contributed by atoms with Gasteiger partial charge in [-0.05, 0) is 35.9 Å². The number of nitriles is 1. The van der Waals surface area contributed by atoms with Crippen molar-refractivity contribution < 1.29 is 9.59 Å². The maximum Gasteiger partial charge on any atom is 0.263 e. The molecule has 4 N–H and O–H groups in total. The number of nitrogens with two attached hydrogens (primary N) is 1. The predicted octanol–water partition coefficient (Wildman–Crippen LogP) is 2.38. The van der Waals surface area contributed by atoms with Crippen LogP contribution in [0.1, 0.15) is 15.9 Å². The lowest BCUT2D eigenvalue weighted by Crippen LogP contribution is -2.26. The predicted molar refractivity (Wildman–Crippen MR) is 95.3 cm³/mol. The summed E-state index contributed by atoms with van der Waals surface area (Å²) in [6, 6.07) is 15.0. The Hall–Kier alpha value is -3.30. The summed E-state index contributed by atoms with van der Waals surface area (Å²) in [5, 5.41) is 14.6. The highest BCUT2D eigenvalue weighted by molar-refractivity contribution is 6.31. The number of benzene rings is 2. The molecule has 0 saturated heterocycles. The molecule has 6 nitrogen and oxygen atoms in total. The van der Waals surface area contributed by atoms with Crippen molar-refractivity contribution in [2.45, 2.75) is 6.54 Å². The van der Waals surface area contributed by atoms with Crippen LogP contribution in [-0.2, 0) is 11.3 Å². The zero-order chi connectivity index (χ0) is 18.2. The van der Waals surface area contributed by atoms with Gasteiger partial charge in [0.15, 0.2) is 0 Å². The van der Waals surface area contributed by atoms with Crippen LogP contribution in [0.5, 0.6) is 0 Å². The summed E-state index contributed by atoms with van der Waals surface area (Å²) in [6.45, 7) is 0.170. The van der Waals surface area contributed by atoms with E-state index in [2.05, 4.69) is 10.6 Å². The number of rotatable bonds is 5. The van der Waals surface area contributed by atoms with Gasteiger partial charge in [0.05, 0.1) is 0 Å². The molecule has 0 heterocycles. The molecule has 0 bridgehead atoms. The lowest BCUT2D eigenvalue weighted by atomic mass is 10.2. The van der Waals surface area contributed by atoms with Gasteiger partial charge >= 0.3 is 0 Å². The first kappa shape index (κ1) is 18.0. The van der Waals surface area contributed by atoms with Crippen molar-refractivity contribution in [3.05, 3.63) is 76.5 Å². The molecule has 0 saturated carbocycles. The molecule has 0 unspecified atom stereocenters. The van der Waals surface area contributed by atoms with E-state index in [1.165, 1.54) is 0 Å². The van der Waals surface area contributed by atoms with E-state index < -0.39 is 11.8 Å². The van der Waals surface area contributed by atoms with E-state index in [1.807, 2.05) is 0 Å². The summed E-state index contributed by atoms with van der Waals surface area (Å²) < 4.78 is 0. The first-order valence-electron chi connectivity index (χ1n) is 7.29. The summed E-state index contributed by atoms with van der Waals surface area (Å²) >= 11 is 6.01. The Morgan fingerprint density at radius 1 is 1.16 bits per heavy atom. The molecule has 0 aromatic heterocycles. The van der Waals surface area contributed by atoms with Gasteiger partial charge in [-0.2, -0.15) is 5.26 Å². The first-order valence-corrected chi connectivity index (χ1v) is 7.67. The molecule has 0 radical (unpaired) electrons. The standard InChI is InChI=1S/C18H15ClN4O2/c19-16-4-2-1-3-13(16)10-22-18(25)14(9-20)11-23-17(24)12-5-7-15(21)8-6-12/h1-8,11H,10,21H2,(H,22,25)(H,23,24)/b14-11-.